The quantitative estimate of drug-likeness (QED) is 0.756. The van der Waals surface area contributed by atoms with Gasteiger partial charge in [0.15, 0.2) is 0 Å². The van der Waals surface area contributed by atoms with E-state index in [1.807, 2.05) is 6.07 Å². The predicted molar refractivity (Wildman–Crippen MR) is 86.4 cm³/mol. The van der Waals surface area contributed by atoms with Gasteiger partial charge in [-0.05, 0) is 48.7 Å². The minimum absolute atomic E-state index is 0.0452. The highest BCUT2D eigenvalue weighted by Crippen LogP contribution is 2.41. The molecule has 3 N–H and O–H groups in total. The van der Waals surface area contributed by atoms with E-state index in [4.69, 9.17) is 5.26 Å². The molecular formula is C18H15N3O2. The number of hydrogen-bond donors (Lipinski definition) is 3. The van der Waals surface area contributed by atoms with Crippen molar-refractivity contribution in [1.82, 2.24) is 0 Å². The lowest BCUT2D eigenvalue weighted by molar-refractivity contribution is -0.117. The van der Waals surface area contributed by atoms with Crippen LogP contribution in [-0.2, 0) is 11.2 Å². The van der Waals surface area contributed by atoms with E-state index in [0.29, 0.717) is 5.56 Å². The van der Waals surface area contributed by atoms with Gasteiger partial charge in [0.25, 0.3) is 0 Å². The molecule has 2 aromatic carbocycles. The smallest absolute Gasteiger partial charge is 0.234 e. The summed E-state index contributed by atoms with van der Waals surface area (Å²) < 4.78 is 0. The highest BCUT2D eigenvalue weighted by Gasteiger charge is 2.38. The number of carbonyl (C=O) groups is 1. The Balaban J connectivity index is 1.70. The number of aromatic hydroxyl groups is 1. The van der Waals surface area contributed by atoms with Crippen molar-refractivity contribution in [1.29, 1.82) is 5.26 Å². The first-order valence-corrected chi connectivity index (χ1v) is 7.59. The molecule has 2 unspecified atom stereocenters. The Kier molecular flexibility index (Phi) is 2.98. The minimum Gasteiger partial charge on any atom is -0.508 e. The lowest BCUT2D eigenvalue weighted by Gasteiger charge is -2.30. The Hall–Kier alpha value is -3.00. The van der Waals surface area contributed by atoms with Gasteiger partial charge in [-0.1, -0.05) is 6.07 Å². The summed E-state index contributed by atoms with van der Waals surface area (Å²) in [5.41, 5.74) is 3.98. The zero-order valence-corrected chi connectivity index (χ0v) is 12.3. The van der Waals surface area contributed by atoms with E-state index in [1.54, 1.807) is 30.3 Å². The Morgan fingerprint density at radius 1 is 1.22 bits per heavy atom. The first kappa shape index (κ1) is 13.6. The van der Waals surface area contributed by atoms with E-state index in [0.717, 1.165) is 35.3 Å². The molecule has 2 heterocycles. The fraction of sp³-hybridized carbons (Fsp3) is 0.222. The maximum atomic E-state index is 12.4. The lowest BCUT2D eigenvalue weighted by Crippen LogP contribution is -2.35. The molecule has 0 saturated carbocycles. The fourth-order valence-corrected chi connectivity index (χ4v) is 3.55. The summed E-state index contributed by atoms with van der Waals surface area (Å²) in [7, 11) is 0. The van der Waals surface area contributed by atoms with Crippen molar-refractivity contribution in [2.24, 2.45) is 0 Å². The molecule has 2 atom stereocenters. The Morgan fingerprint density at radius 3 is 2.91 bits per heavy atom. The summed E-state index contributed by atoms with van der Waals surface area (Å²) >= 11 is 0. The van der Waals surface area contributed by atoms with Crippen LogP contribution < -0.4 is 10.6 Å². The third kappa shape index (κ3) is 2.11. The van der Waals surface area contributed by atoms with Gasteiger partial charge in [0, 0.05) is 23.0 Å². The van der Waals surface area contributed by atoms with Crippen LogP contribution in [0.1, 0.15) is 29.0 Å². The molecule has 0 bridgehead atoms. The number of anilines is 2. The van der Waals surface area contributed by atoms with Crippen molar-refractivity contribution in [3.63, 3.8) is 0 Å². The molecule has 2 aromatic rings. The summed E-state index contributed by atoms with van der Waals surface area (Å²) in [6, 6.07) is 12.7. The normalized spacial score (nSPS) is 21.6. The largest absolute Gasteiger partial charge is 0.508 e. The number of hydrogen-bond acceptors (Lipinski definition) is 4. The molecule has 2 aliphatic heterocycles. The molecule has 0 fully saturated rings. The number of rotatable bonds is 1. The number of phenolic OH excluding ortho intramolecular Hbond substituents is 1. The fourth-order valence-electron chi connectivity index (χ4n) is 3.55. The average molecular weight is 305 g/mol. The van der Waals surface area contributed by atoms with Crippen LogP contribution in [0.3, 0.4) is 0 Å². The van der Waals surface area contributed by atoms with Gasteiger partial charge in [-0.2, -0.15) is 5.26 Å². The van der Waals surface area contributed by atoms with Crippen molar-refractivity contribution < 1.29 is 9.90 Å². The number of benzene rings is 2. The minimum atomic E-state index is -0.325. The van der Waals surface area contributed by atoms with Crippen LogP contribution in [0.2, 0.25) is 0 Å². The third-order valence-electron chi connectivity index (χ3n) is 4.66. The van der Waals surface area contributed by atoms with Gasteiger partial charge in [0.2, 0.25) is 5.91 Å². The predicted octanol–water partition coefficient (Wildman–Crippen LogP) is 2.73. The van der Waals surface area contributed by atoms with Gasteiger partial charge in [-0.3, -0.25) is 4.79 Å². The van der Waals surface area contributed by atoms with Crippen LogP contribution in [0.25, 0.3) is 0 Å². The van der Waals surface area contributed by atoms with E-state index in [1.165, 1.54) is 0 Å². The highest BCUT2D eigenvalue weighted by molar-refractivity contribution is 6.04. The first-order chi connectivity index (χ1) is 11.2. The maximum absolute atomic E-state index is 12.4. The molecular weight excluding hydrogens is 290 g/mol. The van der Waals surface area contributed by atoms with Gasteiger partial charge in [-0.15, -0.1) is 0 Å². The number of nitrogens with one attached hydrogen (secondary N) is 2. The van der Waals surface area contributed by atoms with E-state index < -0.39 is 0 Å². The topological polar surface area (TPSA) is 85.2 Å². The summed E-state index contributed by atoms with van der Waals surface area (Å²) in [5, 5.41) is 25.3. The maximum Gasteiger partial charge on any atom is 0.234 e. The summed E-state index contributed by atoms with van der Waals surface area (Å²) in [6.45, 7) is 0. The number of amides is 1. The zero-order chi connectivity index (χ0) is 16.0. The van der Waals surface area contributed by atoms with Gasteiger partial charge < -0.3 is 15.7 Å². The number of nitrogens with zero attached hydrogens (tertiary/aromatic N) is 1. The number of phenols is 1. The summed E-state index contributed by atoms with van der Waals surface area (Å²) in [6.07, 6.45) is 1.47. The van der Waals surface area contributed by atoms with Crippen molar-refractivity contribution >= 4 is 17.3 Å². The van der Waals surface area contributed by atoms with Crippen LogP contribution in [0.15, 0.2) is 36.4 Å². The monoisotopic (exact) mass is 305 g/mol. The SMILES string of the molecule is N#Cc1ccc2c(c1)C(C1CCc3c(O)cccc3N1)C(=O)N2. The molecule has 23 heavy (non-hydrogen) atoms. The second kappa shape index (κ2) is 5.03. The molecule has 114 valence electrons. The Labute approximate surface area is 133 Å². The molecule has 1 amide bonds. The lowest BCUT2D eigenvalue weighted by atomic mass is 9.85. The van der Waals surface area contributed by atoms with Gasteiger partial charge in [0.1, 0.15) is 5.75 Å². The van der Waals surface area contributed by atoms with Crippen molar-refractivity contribution in [3.8, 4) is 11.8 Å². The molecule has 5 nitrogen and oxygen atoms in total. The second-order valence-corrected chi connectivity index (χ2v) is 5.97. The standard InChI is InChI=1S/C18H15N3O2/c19-9-10-4-6-14-12(8-10)17(18(23)21-14)15-7-5-11-13(20-15)2-1-3-16(11)22/h1-4,6,8,15,17,20,22H,5,7H2,(H,21,23). The van der Waals surface area contributed by atoms with Crippen molar-refractivity contribution in [3.05, 3.63) is 53.1 Å². The van der Waals surface area contributed by atoms with Crippen molar-refractivity contribution in [2.45, 2.75) is 24.8 Å². The van der Waals surface area contributed by atoms with Crippen molar-refractivity contribution in [2.75, 3.05) is 10.6 Å². The molecule has 2 aliphatic rings. The number of nitriles is 1. The van der Waals surface area contributed by atoms with E-state index in [-0.39, 0.29) is 23.6 Å². The van der Waals surface area contributed by atoms with E-state index in [2.05, 4.69) is 16.7 Å². The van der Waals surface area contributed by atoms with E-state index in [9.17, 15) is 9.90 Å². The average Bonchev–Trinajstić information content (AvgIpc) is 2.89. The molecule has 4 rings (SSSR count). The van der Waals surface area contributed by atoms with E-state index >= 15 is 0 Å². The molecule has 0 aliphatic carbocycles. The van der Waals surface area contributed by atoms with Crippen LogP contribution >= 0.6 is 0 Å². The summed E-state index contributed by atoms with van der Waals surface area (Å²) in [4.78, 5) is 12.4. The van der Waals surface area contributed by atoms with Crippen LogP contribution in [0.5, 0.6) is 5.75 Å². The van der Waals surface area contributed by atoms with Gasteiger partial charge in [0.05, 0.1) is 17.6 Å². The highest BCUT2D eigenvalue weighted by atomic mass is 16.3. The van der Waals surface area contributed by atoms with Crippen LogP contribution in [-0.4, -0.2) is 17.1 Å². The first-order valence-electron chi connectivity index (χ1n) is 7.59. The van der Waals surface area contributed by atoms with Gasteiger partial charge >= 0.3 is 0 Å². The molecule has 0 aromatic heterocycles. The number of carbonyl (C=O) groups excluding carboxylic acids is 1. The molecule has 0 saturated heterocycles. The molecule has 0 spiro atoms. The molecule has 5 heteroatoms. The molecule has 0 radical (unpaired) electrons. The Bertz CT molecular complexity index is 854. The number of fused-ring (bicyclic) bond motifs is 2. The Morgan fingerprint density at radius 2 is 2.09 bits per heavy atom. The zero-order valence-electron chi connectivity index (χ0n) is 12.3. The van der Waals surface area contributed by atoms with Crippen LogP contribution in [0, 0.1) is 11.3 Å². The second-order valence-electron chi connectivity index (χ2n) is 5.97. The third-order valence-corrected chi connectivity index (χ3v) is 4.66. The van der Waals surface area contributed by atoms with Crippen LogP contribution in [0.4, 0.5) is 11.4 Å². The summed E-state index contributed by atoms with van der Waals surface area (Å²) in [5.74, 6) is -0.0820. The van der Waals surface area contributed by atoms with Gasteiger partial charge in [-0.25, -0.2) is 0 Å².